The Bertz CT molecular complexity index is 626. The van der Waals surface area contributed by atoms with E-state index in [0.717, 1.165) is 11.6 Å². The molecule has 0 aliphatic heterocycles. The minimum absolute atomic E-state index is 0.0490. The van der Waals surface area contributed by atoms with E-state index in [2.05, 4.69) is 37.6 Å². The number of ether oxygens (including phenoxy) is 3. The van der Waals surface area contributed by atoms with Crippen molar-refractivity contribution in [3.8, 4) is 17.6 Å². The van der Waals surface area contributed by atoms with Gasteiger partial charge in [-0.2, -0.15) is 0 Å². The highest BCUT2D eigenvalue weighted by atomic mass is 16.6. The zero-order valence-corrected chi connectivity index (χ0v) is 16.5. The maximum absolute atomic E-state index is 11.6. The Morgan fingerprint density at radius 1 is 1.22 bits per heavy atom. The van der Waals surface area contributed by atoms with Crippen LogP contribution in [-0.4, -0.2) is 38.4 Å². The molecule has 0 radical (unpaired) electrons. The first-order valence-corrected chi connectivity index (χ1v) is 8.92. The molecule has 27 heavy (non-hydrogen) atoms. The van der Waals surface area contributed by atoms with Crippen LogP contribution in [0.25, 0.3) is 0 Å². The van der Waals surface area contributed by atoms with Gasteiger partial charge in [0.25, 0.3) is 0 Å². The summed E-state index contributed by atoms with van der Waals surface area (Å²) in [5.74, 6) is 6.23. The summed E-state index contributed by atoms with van der Waals surface area (Å²) >= 11 is 0. The predicted molar refractivity (Wildman–Crippen MR) is 106 cm³/mol. The highest BCUT2D eigenvalue weighted by Gasteiger charge is 2.04. The minimum atomic E-state index is -0.629. The van der Waals surface area contributed by atoms with Crippen molar-refractivity contribution in [1.82, 2.24) is 5.32 Å². The number of nitrogens with one attached hydrogen (secondary N) is 1. The van der Waals surface area contributed by atoms with Crippen molar-refractivity contribution in [3.05, 3.63) is 42.5 Å². The van der Waals surface area contributed by atoms with E-state index in [1.807, 2.05) is 13.8 Å². The lowest BCUT2D eigenvalue weighted by Crippen LogP contribution is -2.30. The molecule has 6 heteroatoms. The van der Waals surface area contributed by atoms with Crippen molar-refractivity contribution in [2.45, 2.75) is 27.7 Å². The van der Waals surface area contributed by atoms with E-state index in [1.54, 1.807) is 24.3 Å². The molecule has 1 aromatic rings. The van der Waals surface area contributed by atoms with Gasteiger partial charge in [-0.25, -0.2) is 9.59 Å². The van der Waals surface area contributed by atoms with Crippen LogP contribution in [0.5, 0.6) is 5.75 Å². The van der Waals surface area contributed by atoms with Gasteiger partial charge in [0, 0.05) is 11.6 Å². The Morgan fingerprint density at radius 2 is 1.89 bits per heavy atom. The van der Waals surface area contributed by atoms with Gasteiger partial charge >= 0.3 is 12.1 Å². The first kappa shape index (κ1) is 24.2. The number of benzene rings is 1. The van der Waals surface area contributed by atoms with Crippen LogP contribution in [0.1, 0.15) is 33.3 Å². The monoisotopic (exact) mass is 375 g/mol. The van der Waals surface area contributed by atoms with Gasteiger partial charge in [0.1, 0.15) is 19.0 Å². The summed E-state index contributed by atoms with van der Waals surface area (Å²) in [5, 5.41) is 2.47. The van der Waals surface area contributed by atoms with Crippen LogP contribution in [-0.2, 0) is 14.3 Å². The SMILES string of the molecule is C=CC(=O)OCCNC(=O)Oc1ccc(C#CCOCC(C)C)cc1.CC. The Morgan fingerprint density at radius 3 is 2.48 bits per heavy atom. The lowest BCUT2D eigenvalue weighted by molar-refractivity contribution is -0.137. The van der Waals surface area contributed by atoms with Gasteiger partial charge in [-0.15, -0.1) is 0 Å². The van der Waals surface area contributed by atoms with Gasteiger partial charge < -0.3 is 19.5 Å². The molecule has 1 N–H and O–H groups in total. The number of rotatable bonds is 8. The van der Waals surface area contributed by atoms with E-state index < -0.39 is 12.1 Å². The van der Waals surface area contributed by atoms with E-state index in [4.69, 9.17) is 14.2 Å². The minimum Gasteiger partial charge on any atom is -0.461 e. The highest BCUT2D eigenvalue weighted by Crippen LogP contribution is 2.11. The molecule has 0 aliphatic carbocycles. The van der Waals surface area contributed by atoms with E-state index in [-0.39, 0.29) is 13.2 Å². The molecule has 0 spiro atoms. The summed E-state index contributed by atoms with van der Waals surface area (Å²) in [4.78, 5) is 22.4. The molecule has 0 fully saturated rings. The van der Waals surface area contributed by atoms with E-state index in [1.165, 1.54) is 0 Å². The predicted octanol–water partition coefficient (Wildman–Crippen LogP) is 3.55. The van der Waals surface area contributed by atoms with Gasteiger partial charge in [-0.05, 0) is 30.2 Å². The quantitative estimate of drug-likeness (QED) is 0.325. The first-order chi connectivity index (χ1) is 13.0. The van der Waals surface area contributed by atoms with E-state index in [0.29, 0.717) is 24.9 Å². The molecule has 1 rings (SSSR count). The Kier molecular flexibility index (Phi) is 13.9. The van der Waals surface area contributed by atoms with Crippen LogP contribution >= 0.6 is 0 Å². The van der Waals surface area contributed by atoms with Crippen molar-refractivity contribution < 1.29 is 23.8 Å². The molecule has 148 valence electrons. The molecular weight excluding hydrogens is 346 g/mol. The van der Waals surface area contributed by atoms with Gasteiger partial charge in [0.2, 0.25) is 0 Å². The zero-order chi connectivity index (χ0) is 20.5. The molecule has 6 nitrogen and oxygen atoms in total. The molecule has 0 saturated carbocycles. The lowest BCUT2D eigenvalue weighted by atomic mass is 10.2. The second-order valence-electron chi connectivity index (χ2n) is 5.42. The number of hydrogen-bond donors (Lipinski definition) is 1. The summed E-state index contributed by atoms with van der Waals surface area (Å²) in [6.45, 7) is 12.7. The lowest BCUT2D eigenvalue weighted by Gasteiger charge is -2.06. The first-order valence-electron chi connectivity index (χ1n) is 8.92. The number of hydrogen-bond acceptors (Lipinski definition) is 5. The average molecular weight is 375 g/mol. The molecule has 0 heterocycles. The average Bonchev–Trinajstić information content (AvgIpc) is 2.67. The van der Waals surface area contributed by atoms with Crippen molar-refractivity contribution in [2.75, 3.05) is 26.4 Å². The van der Waals surface area contributed by atoms with Gasteiger partial charge in [0.15, 0.2) is 0 Å². The van der Waals surface area contributed by atoms with Gasteiger partial charge in [0.05, 0.1) is 13.2 Å². The van der Waals surface area contributed by atoms with Crippen LogP contribution in [0, 0.1) is 17.8 Å². The third-order valence-electron chi connectivity index (χ3n) is 2.71. The standard InChI is InChI=1S/C19H23NO5.C2H6/c1-4-18(21)24-13-11-20-19(22)25-17-9-7-16(8-10-17)6-5-12-23-14-15(2)3;1-2/h4,7-10,15H,1,11-14H2,2-3H3,(H,20,22);1-2H3. The molecule has 1 amide bonds. The summed E-state index contributed by atoms with van der Waals surface area (Å²) in [6, 6.07) is 6.81. The zero-order valence-electron chi connectivity index (χ0n) is 16.5. The Hall–Kier alpha value is -2.78. The second-order valence-corrected chi connectivity index (χ2v) is 5.42. The van der Waals surface area contributed by atoms with Gasteiger partial charge in [-0.3, -0.25) is 0 Å². The molecule has 0 saturated heterocycles. The van der Waals surface area contributed by atoms with E-state index >= 15 is 0 Å². The number of carbonyl (C=O) groups is 2. The fraction of sp³-hybridized carbons (Fsp3) is 0.429. The van der Waals surface area contributed by atoms with Crippen LogP contribution in [0.2, 0.25) is 0 Å². The van der Waals surface area contributed by atoms with E-state index in [9.17, 15) is 9.59 Å². The van der Waals surface area contributed by atoms with Crippen molar-refractivity contribution in [1.29, 1.82) is 0 Å². The fourth-order valence-electron chi connectivity index (χ4n) is 1.60. The molecule has 0 aromatic heterocycles. The molecule has 0 aliphatic rings. The Balaban J connectivity index is 0.00000326. The smallest absolute Gasteiger partial charge is 0.412 e. The van der Waals surface area contributed by atoms with Crippen LogP contribution in [0.3, 0.4) is 0 Å². The van der Waals surface area contributed by atoms with Crippen molar-refractivity contribution in [2.24, 2.45) is 5.92 Å². The number of amides is 1. The van der Waals surface area contributed by atoms with Crippen molar-refractivity contribution in [3.63, 3.8) is 0 Å². The highest BCUT2D eigenvalue weighted by molar-refractivity contribution is 5.81. The summed E-state index contributed by atoms with van der Waals surface area (Å²) < 4.78 is 15.2. The topological polar surface area (TPSA) is 73.9 Å². The van der Waals surface area contributed by atoms with Crippen LogP contribution < -0.4 is 10.1 Å². The third-order valence-corrected chi connectivity index (χ3v) is 2.71. The molecule has 0 unspecified atom stereocenters. The van der Waals surface area contributed by atoms with Crippen molar-refractivity contribution >= 4 is 12.1 Å². The van der Waals surface area contributed by atoms with Gasteiger partial charge in [-0.1, -0.05) is 46.1 Å². The molecule has 0 atom stereocenters. The molecular formula is C21H29NO5. The maximum atomic E-state index is 11.6. The van der Waals surface area contributed by atoms with Crippen LogP contribution in [0.4, 0.5) is 4.79 Å². The molecule has 0 bridgehead atoms. The third kappa shape index (κ3) is 13.1. The van der Waals surface area contributed by atoms with Crippen LogP contribution in [0.15, 0.2) is 36.9 Å². The second kappa shape index (κ2) is 15.5. The fourth-order valence-corrected chi connectivity index (χ4v) is 1.60. The number of carbonyl (C=O) groups excluding carboxylic acids is 2. The molecule has 1 aromatic carbocycles. The number of esters is 1. The maximum Gasteiger partial charge on any atom is 0.412 e. The Labute approximate surface area is 161 Å². The summed E-state index contributed by atoms with van der Waals surface area (Å²) in [6.07, 6.45) is 0.426. The summed E-state index contributed by atoms with van der Waals surface area (Å²) in [7, 11) is 0. The summed E-state index contributed by atoms with van der Waals surface area (Å²) in [5.41, 5.74) is 0.803. The largest absolute Gasteiger partial charge is 0.461 e. The normalized spacial score (nSPS) is 9.22.